The SMILES string of the molecule is Cc1[nH]n(-c2ccc(I)cc2)c(=O)c1C=Nc1cc2[nH]c(=O)[nH]c2cc1N1CCCC1. The van der Waals surface area contributed by atoms with E-state index in [0.717, 1.165) is 57.8 Å². The zero-order valence-electron chi connectivity index (χ0n) is 16.9. The number of anilines is 1. The molecule has 0 radical (unpaired) electrons. The molecule has 0 unspecified atom stereocenters. The maximum atomic E-state index is 13.0. The van der Waals surface area contributed by atoms with Crippen molar-refractivity contribution in [3.8, 4) is 5.69 Å². The summed E-state index contributed by atoms with van der Waals surface area (Å²) in [6.45, 7) is 3.76. The minimum Gasteiger partial charge on any atom is -0.370 e. The molecule has 0 aliphatic carbocycles. The van der Waals surface area contributed by atoms with Crippen LogP contribution in [0, 0.1) is 10.5 Å². The van der Waals surface area contributed by atoms with Gasteiger partial charge in [-0.2, -0.15) is 0 Å². The molecule has 2 aromatic heterocycles. The van der Waals surface area contributed by atoms with E-state index in [1.807, 2.05) is 43.3 Å². The van der Waals surface area contributed by atoms with E-state index in [2.05, 4.69) is 47.5 Å². The Hall–Kier alpha value is -3.08. The highest BCUT2D eigenvalue weighted by Gasteiger charge is 2.18. The number of aromatic amines is 3. The number of benzene rings is 2. The predicted molar refractivity (Wildman–Crippen MR) is 131 cm³/mol. The molecule has 3 N–H and O–H groups in total. The molecular weight excluding hydrogens is 507 g/mol. The normalized spacial score (nSPS) is 14.3. The second kappa shape index (κ2) is 7.88. The highest BCUT2D eigenvalue weighted by atomic mass is 127. The molecule has 2 aromatic carbocycles. The van der Waals surface area contributed by atoms with E-state index in [9.17, 15) is 9.59 Å². The van der Waals surface area contributed by atoms with E-state index in [0.29, 0.717) is 11.1 Å². The summed E-state index contributed by atoms with van der Waals surface area (Å²) in [7, 11) is 0. The molecule has 5 rings (SSSR count). The van der Waals surface area contributed by atoms with Crippen LogP contribution in [0.5, 0.6) is 0 Å². The topological polar surface area (TPSA) is 102 Å². The molecule has 0 bridgehead atoms. The van der Waals surface area contributed by atoms with Crippen LogP contribution in [0.25, 0.3) is 16.7 Å². The summed E-state index contributed by atoms with van der Waals surface area (Å²) in [4.78, 5) is 37.3. The number of hydrogen-bond acceptors (Lipinski definition) is 4. The number of nitrogens with zero attached hydrogens (tertiary/aromatic N) is 3. The zero-order valence-corrected chi connectivity index (χ0v) is 19.1. The molecule has 1 fully saturated rings. The summed E-state index contributed by atoms with van der Waals surface area (Å²) >= 11 is 2.24. The van der Waals surface area contributed by atoms with Crippen molar-refractivity contribution in [1.82, 2.24) is 19.7 Å². The van der Waals surface area contributed by atoms with Gasteiger partial charge in [0.25, 0.3) is 5.56 Å². The second-order valence-corrected chi connectivity index (χ2v) is 8.93. The van der Waals surface area contributed by atoms with Crippen molar-refractivity contribution >= 4 is 51.2 Å². The average Bonchev–Trinajstić information content (AvgIpc) is 3.46. The van der Waals surface area contributed by atoms with Crippen LogP contribution < -0.4 is 16.1 Å². The van der Waals surface area contributed by atoms with Crippen LogP contribution >= 0.6 is 22.6 Å². The Morgan fingerprint density at radius 2 is 1.71 bits per heavy atom. The number of H-pyrrole nitrogens is 3. The number of aromatic nitrogens is 4. The number of aliphatic imine (C=N–C) groups is 1. The van der Waals surface area contributed by atoms with Crippen LogP contribution in [0.1, 0.15) is 24.1 Å². The molecule has 0 saturated carbocycles. The number of imidazole rings is 1. The van der Waals surface area contributed by atoms with Gasteiger partial charge >= 0.3 is 5.69 Å². The molecule has 1 aliphatic rings. The van der Waals surface area contributed by atoms with Gasteiger partial charge in [-0.3, -0.25) is 14.9 Å². The molecule has 0 amide bonds. The fourth-order valence-corrected chi connectivity index (χ4v) is 4.35. The highest BCUT2D eigenvalue weighted by Crippen LogP contribution is 2.34. The van der Waals surface area contributed by atoms with Gasteiger partial charge in [0.05, 0.1) is 33.7 Å². The number of halogens is 1. The molecule has 0 spiro atoms. The largest absolute Gasteiger partial charge is 0.370 e. The van der Waals surface area contributed by atoms with E-state index < -0.39 is 0 Å². The summed E-state index contributed by atoms with van der Waals surface area (Å²) in [6, 6.07) is 11.5. The van der Waals surface area contributed by atoms with Gasteiger partial charge in [0.2, 0.25) is 0 Å². The highest BCUT2D eigenvalue weighted by molar-refractivity contribution is 14.1. The lowest BCUT2D eigenvalue weighted by molar-refractivity contribution is 0.835. The molecule has 8 nitrogen and oxygen atoms in total. The Morgan fingerprint density at radius 3 is 2.42 bits per heavy atom. The van der Waals surface area contributed by atoms with Gasteiger partial charge in [0.1, 0.15) is 0 Å². The minimum atomic E-state index is -0.245. The number of hydrogen-bond donors (Lipinski definition) is 3. The van der Waals surface area contributed by atoms with E-state index >= 15 is 0 Å². The first-order chi connectivity index (χ1) is 15.0. The maximum absolute atomic E-state index is 13.0. The summed E-state index contributed by atoms with van der Waals surface area (Å²) in [5, 5.41) is 3.14. The fraction of sp³-hybridized carbons (Fsp3) is 0.227. The zero-order chi connectivity index (χ0) is 21.5. The van der Waals surface area contributed by atoms with Gasteiger partial charge in [0.15, 0.2) is 0 Å². The van der Waals surface area contributed by atoms with Crippen LogP contribution in [-0.2, 0) is 0 Å². The van der Waals surface area contributed by atoms with Crippen molar-refractivity contribution in [2.75, 3.05) is 18.0 Å². The Balaban J connectivity index is 1.57. The smallest absolute Gasteiger partial charge is 0.323 e. The van der Waals surface area contributed by atoms with E-state index in [1.165, 1.54) is 4.68 Å². The van der Waals surface area contributed by atoms with Gasteiger partial charge in [0, 0.05) is 28.6 Å². The van der Waals surface area contributed by atoms with Gasteiger partial charge in [-0.1, -0.05) is 0 Å². The van der Waals surface area contributed by atoms with Crippen molar-refractivity contribution in [2.45, 2.75) is 19.8 Å². The van der Waals surface area contributed by atoms with Gasteiger partial charge in [-0.15, -0.1) is 0 Å². The molecule has 3 heterocycles. The minimum absolute atomic E-state index is 0.152. The lowest BCUT2D eigenvalue weighted by Gasteiger charge is -2.19. The molecule has 31 heavy (non-hydrogen) atoms. The lowest BCUT2D eigenvalue weighted by atomic mass is 10.2. The van der Waals surface area contributed by atoms with E-state index in [4.69, 9.17) is 0 Å². The van der Waals surface area contributed by atoms with Gasteiger partial charge in [-0.25, -0.2) is 9.48 Å². The number of rotatable bonds is 4. The summed E-state index contributed by atoms with van der Waals surface area (Å²) in [5.41, 5.74) is 4.77. The monoisotopic (exact) mass is 528 g/mol. The molecule has 0 atom stereocenters. The third-order valence-corrected chi connectivity index (χ3v) is 6.31. The Kier molecular flexibility index (Phi) is 5.05. The first-order valence-electron chi connectivity index (χ1n) is 10.1. The fourth-order valence-electron chi connectivity index (χ4n) is 3.99. The third-order valence-electron chi connectivity index (χ3n) is 5.59. The van der Waals surface area contributed by atoms with Crippen LogP contribution in [-0.4, -0.2) is 39.1 Å². The van der Waals surface area contributed by atoms with E-state index in [-0.39, 0.29) is 11.2 Å². The quantitative estimate of drug-likeness (QED) is 0.279. The molecule has 9 heteroatoms. The van der Waals surface area contributed by atoms with Gasteiger partial charge in [-0.05, 0) is 78.8 Å². The first kappa shape index (κ1) is 19.9. The number of aryl methyl sites for hydroxylation is 1. The average molecular weight is 528 g/mol. The van der Waals surface area contributed by atoms with Crippen molar-refractivity contribution in [1.29, 1.82) is 0 Å². The van der Waals surface area contributed by atoms with Crippen LogP contribution in [0.3, 0.4) is 0 Å². The number of nitrogens with one attached hydrogen (secondary N) is 3. The van der Waals surface area contributed by atoms with Crippen molar-refractivity contribution in [3.05, 3.63) is 72.1 Å². The summed E-state index contributed by atoms with van der Waals surface area (Å²) in [6.07, 6.45) is 3.87. The molecule has 4 aromatic rings. The Bertz CT molecular complexity index is 1400. The lowest BCUT2D eigenvalue weighted by Crippen LogP contribution is -2.18. The van der Waals surface area contributed by atoms with Crippen molar-refractivity contribution in [3.63, 3.8) is 0 Å². The Morgan fingerprint density at radius 1 is 1.03 bits per heavy atom. The summed E-state index contributed by atoms with van der Waals surface area (Å²) < 4.78 is 2.63. The van der Waals surface area contributed by atoms with Crippen LogP contribution in [0.4, 0.5) is 11.4 Å². The number of fused-ring (bicyclic) bond motifs is 1. The van der Waals surface area contributed by atoms with Crippen LogP contribution in [0.2, 0.25) is 0 Å². The second-order valence-electron chi connectivity index (χ2n) is 7.69. The standard InChI is InChI=1S/C22H21IN6O2/c1-13-16(21(30)29(27-13)15-6-4-14(23)5-7-15)12-24-19-10-17-18(26-22(31)25-17)11-20(19)28-8-2-3-9-28/h4-7,10-12,27H,2-3,8-9H2,1H3,(H2,25,26,31). The molecule has 1 saturated heterocycles. The van der Waals surface area contributed by atoms with E-state index in [1.54, 1.807) is 6.21 Å². The summed E-state index contributed by atoms with van der Waals surface area (Å²) in [5.74, 6) is 0. The van der Waals surface area contributed by atoms with Crippen molar-refractivity contribution < 1.29 is 0 Å². The molecule has 158 valence electrons. The third kappa shape index (κ3) is 3.73. The predicted octanol–water partition coefficient (Wildman–Crippen LogP) is 3.60. The Labute approximate surface area is 191 Å². The first-order valence-corrected chi connectivity index (χ1v) is 11.2. The maximum Gasteiger partial charge on any atom is 0.323 e. The van der Waals surface area contributed by atoms with Crippen LogP contribution in [0.15, 0.2) is 51.0 Å². The molecule has 1 aliphatic heterocycles. The molecular formula is C22H21IN6O2. The van der Waals surface area contributed by atoms with Crippen molar-refractivity contribution in [2.24, 2.45) is 4.99 Å². The van der Waals surface area contributed by atoms with Gasteiger partial charge < -0.3 is 14.9 Å².